The first-order chi connectivity index (χ1) is 8.20. The molecule has 1 amide bonds. The summed E-state index contributed by atoms with van der Waals surface area (Å²) >= 11 is 0. The molecule has 2 atom stereocenters. The van der Waals surface area contributed by atoms with Crippen LogP contribution in [0.1, 0.15) is 40.5 Å². The Bertz CT molecular complexity index is 323. The molecule has 0 bridgehead atoms. The van der Waals surface area contributed by atoms with Crippen molar-refractivity contribution in [1.82, 2.24) is 4.90 Å². The molecular formula is C12H21NO5. The van der Waals surface area contributed by atoms with Gasteiger partial charge in [-0.15, -0.1) is 0 Å². The zero-order valence-electron chi connectivity index (χ0n) is 11.3. The van der Waals surface area contributed by atoms with E-state index in [0.717, 1.165) is 6.42 Å². The summed E-state index contributed by atoms with van der Waals surface area (Å²) in [5, 5.41) is 8.95. The Morgan fingerprint density at radius 3 is 2.50 bits per heavy atom. The van der Waals surface area contributed by atoms with Crippen LogP contribution in [-0.2, 0) is 14.3 Å². The monoisotopic (exact) mass is 259 g/mol. The van der Waals surface area contributed by atoms with Crippen LogP contribution in [0.4, 0.5) is 4.79 Å². The minimum Gasteiger partial charge on any atom is -0.465 e. The Labute approximate surface area is 107 Å². The molecule has 0 aromatic carbocycles. The number of ether oxygens (including phenoxy) is 2. The van der Waals surface area contributed by atoms with E-state index in [0.29, 0.717) is 13.0 Å². The highest BCUT2D eigenvalue weighted by Gasteiger charge is 2.33. The van der Waals surface area contributed by atoms with Gasteiger partial charge >= 0.3 is 12.1 Å². The molecule has 1 rings (SSSR count). The van der Waals surface area contributed by atoms with E-state index in [1.54, 1.807) is 27.7 Å². The van der Waals surface area contributed by atoms with E-state index < -0.39 is 30.0 Å². The van der Waals surface area contributed by atoms with Crippen LogP contribution in [0, 0.1) is 0 Å². The quantitative estimate of drug-likeness (QED) is 0.782. The summed E-state index contributed by atoms with van der Waals surface area (Å²) in [6, 6.07) is 0. The molecule has 0 spiro atoms. The second-order valence-corrected chi connectivity index (χ2v) is 5.38. The number of amides is 1. The van der Waals surface area contributed by atoms with E-state index in [-0.39, 0.29) is 0 Å². The Morgan fingerprint density at radius 1 is 1.39 bits per heavy atom. The average molecular weight is 259 g/mol. The first-order valence-electron chi connectivity index (χ1n) is 6.08. The topological polar surface area (TPSA) is 76.1 Å². The minimum atomic E-state index is -1.02. The van der Waals surface area contributed by atoms with Gasteiger partial charge in [-0.2, -0.15) is 0 Å². The molecule has 18 heavy (non-hydrogen) atoms. The molecular weight excluding hydrogens is 238 g/mol. The maximum Gasteiger partial charge on any atom is 0.409 e. The lowest BCUT2D eigenvalue weighted by Crippen LogP contribution is -2.41. The standard InChI is InChI=1S/C12H21NO5/c1-8(10(14)18-12(2,3)4)17-9-6-5-7-13(9)11(15)16/h8-9H,5-7H2,1-4H3,(H,15,16)/t8?,9-/m0/s1. The van der Waals surface area contributed by atoms with Crippen molar-refractivity contribution in [3.8, 4) is 0 Å². The molecule has 104 valence electrons. The largest absolute Gasteiger partial charge is 0.465 e. The van der Waals surface area contributed by atoms with Crippen LogP contribution in [0.25, 0.3) is 0 Å². The number of likely N-dealkylation sites (tertiary alicyclic amines) is 1. The highest BCUT2D eigenvalue weighted by atomic mass is 16.6. The maximum absolute atomic E-state index is 11.7. The van der Waals surface area contributed by atoms with Crippen LogP contribution in [-0.4, -0.2) is 46.5 Å². The molecule has 1 aliphatic heterocycles. The third-order valence-electron chi connectivity index (χ3n) is 2.54. The van der Waals surface area contributed by atoms with E-state index in [1.807, 2.05) is 0 Å². The summed E-state index contributed by atoms with van der Waals surface area (Å²) in [4.78, 5) is 23.8. The van der Waals surface area contributed by atoms with Gasteiger partial charge in [-0.25, -0.2) is 9.59 Å². The molecule has 1 unspecified atom stereocenters. The molecule has 1 saturated heterocycles. The summed E-state index contributed by atoms with van der Waals surface area (Å²) in [6.07, 6.45) is -0.981. The van der Waals surface area contributed by atoms with Gasteiger partial charge < -0.3 is 14.6 Å². The zero-order valence-corrected chi connectivity index (χ0v) is 11.3. The van der Waals surface area contributed by atoms with Crippen molar-refractivity contribution >= 4 is 12.1 Å². The molecule has 0 aliphatic carbocycles. The number of esters is 1. The second kappa shape index (κ2) is 5.56. The van der Waals surface area contributed by atoms with Crippen molar-refractivity contribution in [2.45, 2.75) is 58.5 Å². The van der Waals surface area contributed by atoms with Crippen LogP contribution >= 0.6 is 0 Å². The van der Waals surface area contributed by atoms with E-state index in [4.69, 9.17) is 14.6 Å². The number of hydrogen-bond donors (Lipinski definition) is 1. The second-order valence-electron chi connectivity index (χ2n) is 5.38. The molecule has 0 saturated carbocycles. The maximum atomic E-state index is 11.7. The normalized spacial score (nSPS) is 21.8. The molecule has 1 aliphatic rings. The number of rotatable bonds is 3. The van der Waals surface area contributed by atoms with Gasteiger partial charge in [0.15, 0.2) is 6.10 Å². The molecule has 6 nitrogen and oxygen atoms in total. The third kappa shape index (κ3) is 4.18. The first-order valence-corrected chi connectivity index (χ1v) is 6.08. The molecule has 6 heteroatoms. The predicted molar refractivity (Wildman–Crippen MR) is 64.1 cm³/mol. The van der Waals surface area contributed by atoms with Crippen LogP contribution in [0.3, 0.4) is 0 Å². The number of carboxylic acid groups (broad SMARTS) is 1. The van der Waals surface area contributed by atoms with Crippen LogP contribution in [0.15, 0.2) is 0 Å². The van der Waals surface area contributed by atoms with Crippen molar-refractivity contribution < 1.29 is 24.2 Å². The number of carbonyl (C=O) groups is 2. The number of carbonyl (C=O) groups excluding carboxylic acids is 1. The lowest BCUT2D eigenvalue weighted by atomic mass is 10.2. The highest BCUT2D eigenvalue weighted by Crippen LogP contribution is 2.20. The summed E-state index contributed by atoms with van der Waals surface area (Å²) < 4.78 is 10.6. The lowest BCUT2D eigenvalue weighted by molar-refractivity contribution is -0.175. The van der Waals surface area contributed by atoms with E-state index >= 15 is 0 Å². The zero-order chi connectivity index (χ0) is 13.9. The van der Waals surface area contributed by atoms with Gasteiger partial charge in [-0.1, -0.05) is 0 Å². The fraction of sp³-hybridized carbons (Fsp3) is 0.833. The minimum absolute atomic E-state index is 0.445. The van der Waals surface area contributed by atoms with Crippen LogP contribution in [0.2, 0.25) is 0 Å². The predicted octanol–water partition coefficient (Wildman–Crippen LogP) is 1.83. The fourth-order valence-electron chi connectivity index (χ4n) is 1.77. The average Bonchev–Trinajstić information content (AvgIpc) is 2.62. The molecule has 1 fully saturated rings. The number of nitrogens with zero attached hydrogens (tertiary/aromatic N) is 1. The van der Waals surface area contributed by atoms with Crippen molar-refractivity contribution in [2.24, 2.45) is 0 Å². The van der Waals surface area contributed by atoms with Crippen molar-refractivity contribution in [3.63, 3.8) is 0 Å². The SMILES string of the molecule is CC(O[C@H]1CCCN1C(=O)O)C(=O)OC(C)(C)C. The molecule has 1 N–H and O–H groups in total. The van der Waals surface area contributed by atoms with Gasteiger partial charge in [-0.3, -0.25) is 4.90 Å². The molecule has 0 radical (unpaired) electrons. The van der Waals surface area contributed by atoms with E-state index in [9.17, 15) is 9.59 Å². The highest BCUT2D eigenvalue weighted by molar-refractivity contribution is 5.74. The molecule has 0 aromatic rings. The lowest BCUT2D eigenvalue weighted by Gasteiger charge is -2.27. The van der Waals surface area contributed by atoms with Gasteiger partial charge in [-0.05, 0) is 40.5 Å². The van der Waals surface area contributed by atoms with Gasteiger partial charge in [0.25, 0.3) is 0 Å². The first kappa shape index (κ1) is 14.8. The van der Waals surface area contributed by atoms with Crippen molar-refractivity contribution in [3.05, 3.63) is 0 Å². The van der Waals surface area contributed by atoms with Gasteiger partial charge in [0.1, 0.15) is 11.8 Å². The van der Waals surface area contributed by atoms with Gasteiger partial charge in [0.2, 0.25) is 0 Å². The number of hydrogen-bond acceptors (Lipinski definition) is 4. The fourth-order valence-corrected chi connectivity index (χ4v) is 1.77. The summed E-state index contributed by atoms with van der Waals surface area (Å²) in [5.41, 5.74) is -0.573. The van der Waals surface area contributed by atoms with Crippen molar-refractivity contribution in [2.75, 3.05) is 6.54 Å². The summed E-state index contributed by atoms with van der Waals surface area (Å²) in [7, 11) is 0. The summed E-state index contributed by atoms with van der Waals surface area (Å²) in [5.74, 6) is -0.472. The Kier molecular flexibility index (Phi) is 4.56. The third-order valence-corrected chi connectivity index (χ3v) is 2.54. The van der Waals surface area contributed by atoms with Crippen LogP contribution in [0.5, 0.6) is 0 Å². The van der Waals surface area contributed by atoms with Gasteiger partial charge in [0.05, 0.1) is 0 Å². The Morgan fingerprint density at radius 2 is 2.00 bits per heavy atom. The summed E-state index contributed by atoms with van der Waals surface area (Å²) in [6.45, 7) is 7.34. The Balaban J connectivity index is 2.51. The smallest absolute Gasteiger partial charge is 0.409 e. The molecule has 0 aromatic heterocycles. The van der Waals surface area contributed by atoms with E-state index in [2.05, 4.69) is 0 Å². The Hall–Kier alpha value is -1.30. The van der Waals surface area contributed by atoms with Gasteiger partial charge in [0, 0.05) is 6.54 Å². The molecule has 1 heterocycles. The van der Waals surface area contributed by atoms with E-state index in [1.165, 1.54) is 4.90 Å². The van der Waals surface area contributed by atoms with Crippen molar-refractivity contribution in [1.29, 1.82) is 0 Å². The van der Waals surface area contributed by atoms with Crippen LogP contribution < -0.4 is 0 Å².